The summed E-state index contributed by atoms with van der Waals surface area (Å²) in [4.78, 5) is 0. The Labute approximate surface area is 319 Å². The summed E-state index contributed by atoms with van der Waals surface area (Å²) in [5, 5.41) is 4.49. The third-order valence-corrected chi connectivity index (χ3v) is 16.8. The molecule has 2 aliphatic heterocycles. The van der Waals surface area contributed by atoms with Crippen LogP contribution in [0.5, 0.6) is 0 Å². The molecule has 0 amide bonds. The van der Waals surface area contributed by atoms with Crippen LogP contribution in [0.4, 0.5) is 0 Å². The van der Waals surface area contributed by atoms with Crippen molar-refractivity contribution >= 4 is 24.0 Å². The number of halogens is 2. The van der Waals surface area contributed by atoms with Crippen LogP contribution in [0.25, 0.3) is 32.8 Å². The maximum atomic E-state index is 2.52. The van der Waals surface area contributed by atoms with Gasteiger partial charge in [-0.3, -0.25) is 0 Å². The molecule has 12 rings (SSSR count). The fraction of sp³-hybridized carbons (Fsp3) is 0.372. The van der Waals surface area contributed by atoms with Crippen LogP contribution in [-0.2, 0) is 31.6 Å². The van der Waals surface area contributed by atoms with Gasteiger partial charge in [0.25, 0.3) is 0 Å². The second-order valence-corrected chi connectivity index (χ2v) is 20.6. The van der Waals surface area contributed by atoms with E-state index in [2.05, 4.69) is 129 Å². The van der Waals surface area contributed by atoms with Gasteiger partial charge in [-0.1, -0.05) is 84.9 Å². The topological polar surface area (TPSA) is 4.93 Å². The quantitative estimate of drug-likeness (QED) is 0.170. The fourth-order valence-electron chi connectivity index (χ4n) is 11.5. The van der Waals surface area contributed by atoms with Gasteiger partial charge in [-0.05, 0) is 110 Å². The van der Waals surface area contributed by atoms with E-state index in [9.17, 15) is 0 Å². The predicted octanol–water partition coefficient (Wildman–Crippen LogP) is 5.46. The maximum absolute atomic E-state index is 2.52. The van der Waals surface area contributed by atoms with Crippen molar-refractivity contribution in [3.63, 3.8) is 0 Å². The third-order valence-electron chi connectivity index (χ3n) is 12.7. The van der Waals surface area contributed by atoms with Crippen molar-refractivity contribution in [1.82, 2.24) is 4.57 Å². The van der Waals surface area contributed by atoms with E-state index in [4.69, 9.17) is 0 Å². The minimum atomic E-state index is -1.19. The Morgan fingerprint density at radius 3 is 1.96 bits per heavy atom. The molecule has 1 nitrogen and oxygen atoms in total. The van der Waals surface area contributed by atoms with Crippen molar-refractivity contribution in [1.29, 1.82) is 0 Å². The second-order valence-electron chi connectivity index (χ2n) is 16.1. The van der Waals surface area contributed by atoms with Crippen LogP contribution < -0.4 is 24.8 Å². The van der Waals surface area contributed by atoms with E-state index in [0.29, 0.717) is 5.41 Å². The van der Waals surface area contributed by atoms with Gasteiger partial charge in [0.1, 0.15) is 0 Å². The average molecular weight is 767 g/mol. The van der Waals surface area contributed by atoms with Crippen LogP contribution in [0.2, 0.25) is 13.1 Å². The first-order chi connectivity index (χ1) is 21.7. The molecule has 7 aliphatic rings. The molecule has 0 N–H and O–H groups in total. The molecular weight excluding hydrogens is 721 g/mol. The Balaban J connectivity index is 0.000000164. The Bertz CT molecular complexity index is 1960. The maximum Gasteiger partial charge on any atom is 3.00 e. The van der Waals surface area contributed by atoms with Gasteiger partial charge >= 0.3 is 26.2 Å². The number of nitrogens with zero attached hydrogens (tertiary/aromatic N) is 1. The summed E-state index contributed by atoms with van der Waals surface area (Å²) in [5.41, 5.74) is 14.5. The summed E-state index contributed by atoms with van der Waals surface area (Å²) in [6.07, 6.45) is 8.93. The zero-order chi connectivity index (χ0) is 30.7. The average Bonchev–Trinajstić information content (AvgIpc) is 3.70. The molecule has 4 aromatic carbocycles. The number of rotatable bonds is 3. The second kappa shape index (κ2) is 12.9. The summed E-state index contributed by atoms with van der Waals surface area (Å²) in [7, 11) is -1.19. The molecule has 3 heterocycles. The van der Waals surface area contributed by atoms with Crippen LogP contribution in [0.1, 0.15) is 79.1 Å². The van der Waals surface area contributed by atoms with Crippen LogP contribution >= 0.6 is 0 Å². The van der Waals surface area contributed by atoms with Crippen molar-refractivity contribution in [3.05, 3.63) is 125 Å². The van der Waals surface area contributed by atoms with Crippen LogP contribution in [0, 0.1) is 31.6 Å². The fourth-order valence-corrected chi connectivity index (χ4v) is 15.8. The summed E-state index contributed by atoms with van der Waals surface area (Å²) in [6, 6.07) is 34.3. The van der Waals surface area contributed by atoms with Gasteiger partial charge < -0.3 is 29.4 Å². The van der Waals surface area contributed by atoms with Gasteiger partial charge in [0.2, 0.25) is 0 Å². The molecule has 6 bridgehead atoms. The van der Waals surface area contributed by atoms with Gasteiger partial charge in [-0.15, -0.1) is 34.5 Å². The Morgan fingerprint density at radius 1 is 0.729 bits per heavy atom. The summed E-state index contributed by atoms with van der Waals surface area (Å²) in [5.74, 6) is 3.05. The van der Waals surface area contributed by atoms with Gasteiger partial charge in [-0.25, -0.2) is 0 Å². The minimum Gasteiger partial charge on any atom is -1.00 e. The van der Waals surface area contributed by atoms with E-state index in [1.54, 1.807) is 27.6 Å². The molecule has 0 spiro atoms. The SMILES string of the molecule is CC1=C2c3cc(C)n(-c4ccccc4)c3C1[Si]2(C)C.Cc1cc2c(-c3ccc(C45CC6CC(CC(C6)C4)C5)cc3)cccc2[cH-]1.[Cl-].[Cl-].[Zr+3]. The number of aromatic nitrogens is 1. The summed E-state index contributed by atoms with van der Waals surface area (Å²) < 4.78 is 2.48. The monoisotopic (exact) mass is 764 g/mol. The molecule has 48 heavy (non-hydrogen) atoms. The van der Waals surface area contributed by atoms with Crippen molar-refractivity contribution < 1.29 is 51.0 Å². The molecule has 0 saturated heterocycles. The molecule has 4 saturated carbocycles. The third kappa shape index (κ3) is 5.37. The smallest absolute Gasteiger partial charge is 1.00 e. The number of hydrogen-bond acceptors (Lipinski definition) is 0. The molecular formula is C43H46Cl2NSiZr. The Morgan fingerprint density at radius 2 is 1.35 bits per heavy atom. The number of aryl methyl sites for hydroxylation is 2. The van der Waals surface area contributed by atoms with E-state index in [-0.39, 0.29) is 51.0 Å². The number of allylic oxidation sites excluding steroid dienone is 1. The predicted molar refractivity (Wildman–Crippen MR) is 193 cm³/mol. The van der Waals surface area contributed by atoms with E-state index >= 15 is 0 Å². The molecule has 1 unspecified atom stereocenters. The van der Waals surface area contributed by atoms with E-state index in [1.165, 1.54) is 77.4 Å². The zero-order valence-electron chi connectivity index (χ0n) is 28.9. The number of benzene rings is 3. The number of fused-ring (bicyclic) bond motifs is 1. The Kier molecular flexibility index (Phi) is 9.65. The molecule has 5 aliphatic carbocycles. The van der Waals surface area contributed by atoms with E-state index in [1.807, 2.05) is 0 Å². The Hall–Kier alpha value is -2.03. The molecule has 1 aromatic heterocycles. The first-order valence-electron chi connectivity index (χ1n) is 17.5. The van der Waals surface area contributed by atoms with Gasteiger partial charge in [0.15, 0.2) is 0 Å². The normalized spacial score (nSPS) is 26.4. The van der Waals surface area contributed by atoms with Crippen LogP contribution in [-0.4, -0.2) is 12.6 Å². The molecule has 5 heteroatoms. The molecule has 4 fully saturated rings. The van der Waals surface area contributed by atoms with Crippen LogP contribution in [0.15, 0.2) is 96.6 Å². The van der Waals surface area contributed by atoms with Gasteiger partial charge in [0, 0.05) is 22.6 Å². The number of para-hydroxylation sites is 1. The first-order valence-corrected chi connectivity index (χ1v) is 20.6. The van der Waals surface area contributed by atoms with E-state index < -0.39 is 8.07 Å². The van der Waals surface area contributed by atoms with Crippen molar-refractivity contribution in [2.45, 2.75) is 83.3 Å². The van der Waals surface area contributed by atoms with Crippen LogP contribution in [0.3, 0.4) is 0 Å². The van der Waals surface area contributed by atoms with E-state index in [0.717, 1.165) is 23.3 Å². The first kappa shape index (κ1) is 35.8. The molecule has 1 radical (unpaired) electrons. The largest absolute Gasteiger partial charge is 3.00 e. The van der Waals surface area contributed by atoms with Crippen molar-refractivity contribution in [3.8, 4) is 16.8 Å². The van der Waals surface area contributed by atoms with Crippen molar-refractivity contribution in [2.75, 3.05) is 0 Å². The minimum absolute atomic E-state index is 0. The standard InChI is InChI=1S/C26H27.C17H19NSi.2ClH.Zr/c1-17-9-22-3-2-4-24(25(22)10-17)21-5-7-23(8-6-21)26-14-18-11-19(15-26)13-20(12-18)16-26;1-11-10-14-15(17-12(2)16(14)19(17,3)4)18(11)13-8-6-5-7-9-13;;;/h2-10,18-20H,11-16H2,1H3;5-10,17H,1-4H3;2*1H;/q-1;;;;+3/p-2. The van der Waals surface area contributed by atoms with Gasteiger partial charge in [-0.2, -0.15) is 6.07 Å². The molecule has 245 valence electrons. The zero-order valence-corrected chi connectivity index (χ0v) is 33.9. The van der Waals surface area contributed by atoms with Crippen molar-refractivity contribution in [2.24, 2.45) is 17.8 Å². The molecule has 5 aromatic rings. The number of hydrogen-bond donors (Lipinski definition) is 0. The summed E-state index contributed by atoms with van der Waals surface area (Å²) in [6.45, 7) is 11.8. The molecule has 1 atom stereocenters. The summed E-state index contributed by atoms with van der Waals surface area (Å²) >= 11 is 0. The van der Waals surface area contributed by atoms with Gasteiger partial charge in [0.05, 0.1) is 8.07 Å².